The molecule has 0 amide bonds. The van der Waals surface area contributed by atoms with Gasteiger partial charge in [0.05, 0.1) is 0 Å². The number of fused-ring (bicyclic) bond motifs is 3. The number of aromatic nitrogens is 5. The third-order valence-corrected chi connectivity index (χ3v) is 12.8. The summed E-state index contributed by atoms with van der Waals surface area (Å²) < 4.78 is 0. The van der Waals surface area contributed by atoms with Gasteiger partial charge in [0.2, 0.25) is 0 Å². The Kier molecular flexibility index (Phi) is 7.33. The van der Waals surface area contributed by atoms with E-state index < -0.39 is 0 Å². The highest BCUT2D eigenvalue weighted by Gasteiger charge is 2.41. The van der Waals surface area contributed by atoms with Crippen molar-refractivity contribution in [2.75, 3.05) is 0 Å². The molecule has 4 aliphatic rings. The summed E-state index contributed by atoms with van der Waals surface area (Å²) in [5, 5.41) is 0. The molecule has 0 aliphatic heterocycles. The Balaban J connectivity index is 0.917. The minimum absolute atomic E-state index is 0.125. The van der Waals surface area contributed by atoms with E-state index in [1.54, 1.807) is 0 Å². The molecule has 5 heteroatoms. The summed E-state index contributed by atoms with van der Waals surface area (Å²) in [5.41, 5.74) is 19.6. The van der Waals surface area contributed by atoms with Gasteiger partial charge in [0.25, 0.3) is 0 Å². The summed E-state index contributed by atoms with van der Waals surface area (Å²) in [6, 6.07) is 59.0. The second-order valence-electron chi connectivity index (χ2n) is 16.4. The molecule has 0 saturated carbocycles. The first-order valence-corrected chi connectivity index (χ1v) is 20.3. The highest BCUT2D eigenvalue weighted by Crippen LogP contribution is 2.57. The van der Waals surface area contributed by atoms with E-state index in [9.17, 15) is 0 Å². The highest BCUT2D eigenvalue weighted by atomic mass is 15.0. The van der Waals surface area contributed by atoms with Gasteiger partial charge in [0, 0.05) is 51.9 Å². The third-order valence-electron chi connectivity index (χ3n) is 12.8. The van der Waals surface area contributed by atoms with Gasteiger partial charge in [-0.2, -0.15) is 0 Å². The van der Waals surface area contributed by atoms with E-state index in [1.165, 1.54) is 61.2 Å². The van der Waals surface area contributed by atoms with Crippen molar-refractivity contribution < 1.29 is 0 Å². The minimum Gasteiger partial charge on any atom is -0.237 e. The van der Waals surface area contributed by atoms with Crippen molar-refractivity contribution in [1.82, 2.24) is 24.9 Å². The first-order valence-electron chi connectivity index (χ1n) is 20.3. The van der Waals surface area contributed by atoms with Crippen LogP contribution in [0.25, 0.3) is 67.8 Å². The fourth-order valence-corrected chi connectivity index (χ4v) is 9.99. The molecule has 2 unspecified atom stereocenters. The Morgan fingerprint density at radius 1 is 0.339 bits per heavy atom. The third kappa shape index (κ3) is 5.21. The molecule has 9 aromatic rings. The highest BCUT2D eigenvalue weighted by molar-refractivity contribution is 5.83. The molecular weight excluding hydrogens is 719 g/mol. The molecule has 0 N–H and O–H groups in total. The van der Waals surface area contributed by atoms with E-state index in [2.05, 4.69) is 163 Å². The number of rotatable bonds is 5. The zero-order chi connectivity index (χ0) is 39.2. The lowest BCUT2D eigenvalue weighted by atomic mass is 9.60. The monoisotopic (exact) mass is 755 g/mol. The van der Waals surface area contributed by atoms with Gasteiger partial charge >= 0.3 is 0 Å². The molecule has 5 nitrogen and oxygen atoms in total. The van der Waals surface area contributed by atoms with Gasteiger partial charge < -0.3 is 0 Å². The van der Waals surface area contributed by atoms with Crippen LogP contribution in [0.15, 0.2) is 176 Å². The van der Waals surface area contributed by atoms with Crippen LogP contribution in [0.5, 0.6) is 0 Å². The Labute approximate surface area is 343 Å². The van der Waals surface area contributed by atoms with Crippen molar-refractivity contribution in [2.24, 2.45) is 0 Å². The van der Waals surface area contributed by atoms with Gasteiger partial charge in [-0.15, -0.1) is 0 Å². The standard InChI is InChI=1S/C54H37N5/c1-54(2)46-16-9-8-13-38(46)39-24-22-37(31-47(39)54)53-58-51(33-11-4-3-5-12-33)57-52(59-53)34-19-17-32(18-20-34)35-21-25-42-44(29-35)48-40-14-6-7-15-41(40)49(42)45-30-36(23-26-43(45)48)50-55-27-10-28-56-50/h3-31,48-49H,1-2H3. The first kappa shape index (κ1) is 33.7. The molecular formula is C54H37N5. The maximum absolute atomic E-state index is 5.15. The summed E-state index contributed by atoms with van der Waals surface area (Å²) in [5.74, 6) is 3.05. The summed E-state index contributed by atoms with van der Waals surface area (Å²) >= 11 is 0. The molecule has 0 fully saturated rings. The fraction of sp³-hybridized carbons (Fsp3) is 0.0926. The normalized spacial score (nSPS) is 16.1. The van der Waals surface area contributed by atoms with E-state index >= 15 is 0 Å². The molecule has 7 aromatic carbocycles. The van der Waals surface area contributed by atoms with Crippen LogP contribution in [-0.4, -0.2) is 24.9 Å². The minimum atomic E-state index is -0.125. The van der Waals surface area contributed by atoms with Crippen molar-refractivity contribution in [3.8, 4) is 67.8 Å². The Morgan fingerprint density at radius 2 is 0.814 bits per heavy atom. The van der Waals surface area contributed by atoms with E-state index in [1.807, 2.05) is 36.7 Å². The van der Waals surface area contributed by atoms with E-state index in [0.717, 1.165) is 33.6 Å². The summed E-state index contributed by atoms with van der Waals surface area (Å²) in [4.78, 5) is 24.4. The van der Waals surface area contributed by atoms with Crippen LogP contribution in [0.2, 0.25) is 0 Å². The van der Waals surface area contributed by atoms with Crippen molar-refractivity contribution in [3.05, 3.63) is 221 Å². The molecule has 2 bridgehead atoms. The second-order valence-corrected chi connectivity index (χ2v) is 16.4. The van der Waals surface area contributed by atoms with E-state index in [4.69, 9.17) is 15.0 Å². The molecule has 2 aromatic heterocycles. The SMILES string of the molecule is CC1(C)c2ccccc2-c2ccc(-c3nc(-c4ccccc4)nc(-c4ccc(-c5ccc6c(c5)C5c7ccccc7C6c6cc(-c7ncccn7)ccc65)cc4)n3)cc21. The molecule has 278 valence electrons. The van der Waals surface area contributed by atoms with Crippen molar-refractivity contribution in [2.45, 2.75) is 31.1 Å². The Bertz CT molecular complexity index is 3140. The molecule has 0 radical (unpaired) electrons. The topological polar surface area (TPSA) is 64.5 Å². The van der Waals surface area contributed by atoms with Gasteiger partial charge in [0.15, 0.2) is 23.3 Å². The quantitative estimate of drug-likeness (QED) is 0.175. The molecule has 4 aliphatic carbocycles. The number of benzene rings is 7. The van der Waals surface area contributed by atoms with Crippen LogP contribution >= 0.6 is 0 Å². The van der Waals surface area contributed by atoms with Gasteiger partial charge in [-0.05, 0) is 91.0 Å². The van der Waals surface area contributed by atoms with Gasteiger partial charge in [-0.1, -0.05) is 153 Å². The van der Waals surface area contributed by atoms with Crippen molar-refractivity contribution in [1.29, 1.82) is 0 Å². The number of nitrogens with zero attached hydrogens (tertiary/aromatic N) is 5. The predicted molar refractivity (Wildman–Crippen MR) is 235 cm³/mol. The fourth-order valence-electron chi connectivity index (χ4n) is 9.99. The van der Waals surface area contributed by atoms with Crippen LogP contribution in [-0.2, 0) is 5.41 Å². The van der Waals surface area contributed by atoms with Crippen LogP contribution in [0.3, 0.4) is 0 Å². The molecule has 13 rings (SSSR count). The smallest absolute Gasteiger partial charge is 0.164 e. The Hall–Kier alpha value is -7.37. The lowest BCUT2D eigenvalue weighted by molar-refractivity contribution is 0.660. The zero-order valence-electron chi connectivity index (χ0n) is 32.6. The lowest BCUT2D eigenvalue weighted by Crippen LogP contribution is -2.27. The molecule has 2 heterocycles. The van der Waals surface area contributed by atoms with Crippen molar-refractivity contribution in [3.63, 3.8) is 0 Å². The summed E-state index contributed by atoms with van der Waals surface area (Å²) in [6.07, 6.45) is 3.62. The zero-order valence-corrected chi connectivity index (χ0v) is 32.6. The molecule has 0 spiro atoms. The lowest BCUT2D eigenvalue weighted by Gasteiger charge is -2.42. The maximum Gasteiger partial charge on any atom is 0.164 e. The number of hydrogen-bond donors (Lipinski definition) is 0. The van der Waals surface area contributed by atoms with Crippen LogP contribution in [0, 0.1) is 0 Å². The first-order chi connectivity index (χ1) is 29.0. The summed E-state index contributed by atoms with van der Waals surface area (Å²) in [7, 11) is 0. The van der Waals surface area contributed by atoms with Crippen molar-refractivity contribution >= 4 is 0 Å². The van der Waals surface area contributed by atoms with Gasteiger partial charge in [-0.3, -0.25) is 0 Å². The Morgan fingerprint density at radius 3 is 1.51 bits per heavy atom. The van der Waals surface area contributed by atoms with Gasteiger partial charge in [0.1, 0.15) is 0 Å². The van der Waals surface area contributed by atoms with E-state index in [0.29, 0.717) is 17.5 Å². The molecule has 2 atom stereocenters. The predicted octanol–water partition coefficient (Wildman–Crippen LogP) is 12.3. The average molecular weight is 756 g/mol. The van der Waals surface area contributed by atoms with Gasteiger partial charge in [-0.25, -0.2) is 24.9 Å². The maximum atomic E-state index is 5.15. The van der Waals surface area contributed by atoms with E-state index in [-0.39, 0.29) is 17.3 Å². The van der Waals surface area contributed by atoms with Crippen LogP contribution in [0.4, 0.5) is 0 Å². The molecule has 59 heavy (non-hydrogen) atoms. The second kappa shape index (κ2) is 12.8. The number of hydrogen-bond acceptors (Lipinski definition) is 5. The largest absolute Gasteiger partial charge is 0.237 e. The van der Waals surface area contributed by atoms with Crippen LogP contribution < -0.4 is 0 Å². The summed E-state index contributed by atoms with van der Waals surface area (Å²) in [6.45, 7) is 4.61. The molecule has 0 saturated heterocycles. The average Bonchev–Trinajstić information content (AvgIpc) is 3.54. The van der Waals surface area contributed by atoms with Crippen LogP contribution in [0.1, 0.15) is 70.2 Å².